The fourth-order valence-electron chi connectivity index (χ4n) is 2.19. The first-order valence-corrected chi connectivity index (χ1v) is 5.88. The van der Waals surface area contributed by atoms with Crippen LogP contribution >= 0.6 is 0 Å². The topological polar surface area (TPSA) is 47.3 Å². The van der Waals surface area contributed by atoms with Crippen molar-refractivity contribution in [3.63, 3.8) is 0 Å². The second kappa shape index (κ2) is 4.42. The zero-order valence-corrected chi connectivity index (χ0v) is 9.99. The Labute approximate surface area is 109 Å². The van der Waals surface area contributed by atoms with Crippen LogP contribution in [0, 0.1) is 11.6 Å². The molecule has 19 heavy (non-hydrogen) atoms. The highest BCUT2D eigenvalue weighted by Gasteiger charge is 2.25. The van der Waals surface area contributed by atoms with E-state index in [0.717, 1.165) is 23.4 Å². The van der Waals surface area contributed by atoms with Crippen LogP contribution in [0.4, 0.5) is 20.2 Å². The molecule has 98 valence electrons. The van der Waals surface area contributed by atoms with E-state index >= 15 is 0 Å². The van der Waals surface area contributed by atoms with Crippen LogP contribution < -0.4 is 15.8 Å². The molecule has 5 heteroatoms. The number of nitrogens with one attached hydrogen (secondary N) is 1. The standard InChI is InChI=1S/C14H12F2N2O/c15-10-5-8(17)6-11(16)14(10)18-12-7-19-13-4-2-1-3-9(12)13/h1-6,12,18H,7,17H2. The van der Waals surface area contributed by atoms with Crippen LogP contribution in [0.15, 0.2) is 36.4 Å². The van der Waals surface area contributed by atoms with Gasteiger partial charge in [0.25, 0.3) is 0 Å². The summed E-state index contributed by atoms with van der Waals surface area (Å²) < 4.78 is 32.9. The molecule has 0 saturated carbocycles. The minimum absolute atomic E-state index is 0.0589. The lowest BCUT2D eigenvalue weighted by molar-refractivity contribution is 0.339. The van der Waals surface area contributed by atoms with Gasteiger partial charge < -0.3 is 15.8 Å². The molecule has 1 heterocycles. The van der Waals surface area contributed by atoms with E-state index in [1.54, 1.807) is 0 Å². The van der Waals surface area contributed by atoms with Crippen LogP contribution in [0.25, 0.3) is 0 Å². The minimum Gasteiger partial charge on any atom is -0.491 e. The minimum atomic E-state index is -0.707. The maximum absolute atomic E-state index is 13.7. The molecule has 0 aliphatic carbocycles. The van der Waals surface area contributed by atoms with E-state index in [1.807, 2.05) is 24.3 Å². The Kier molecular flexibility index (Phi) is 2.74. The Morgan fingerprint density at radius 1 is 1.16 bits per heavy atom. The SMILES string of the molecule is Nc1cc(F)c(NC2COc3ccccc32)c(F)c1. The number of ether oxygens (including phenoxy) is 1. The van der Waals surface area contributed by atoms with Gasteiger partial charge in [0.2, 0.25) is 0 Å². The summed E-state index contributed by atoms with van der Waals surface area (Å²) in [5.74, 6) is -0.681. The quantitative estimate of drug-likeness (QED) is 0.817. The van der Waals surface area contributed by atoms with Crippen LogP contribution in [-0.2, 0) is 0 Å². The Morgan fingerprint density at radius 2 is 1.84 bits per heavy atom. The first-order chi connectivity index (χ1) is 9.15. The van der Waals surface area contributed by atoms with Gasteiger partial charge >= 0.3 is 0 Å². The van der Waals surface area contributed by atoms with Gasteiger partial charge in [-0.15, -0.1) is 0 Å². The van der Waals surface area contributed by atoms with E-state index < -0.39 is 11.6 Å². The Balaban J connectivity index is 1.92. The number of benzene rings is 2. The van der Waals surface area contributed by atoms with Crippen LogP contribution in [0.5, 0.6) is 5.75 Å². The molecular formula is C14H12F2N2O. The van der Waals surface area contributed by atoms with Crippen molar-refractivity contribution in [1.82, 2.24) is 0 Å². The third-order valence-corrected chi connectivity index (χ3v) is 3.08. The molecule has 1 aliphatic heterocycles. The molecule has 0 saturated heterocycles. The molecule has 3 rings (SSSR count). The highest BCUT2D eigenvalue weighted by atomic mass is 19.1. The average Bonchev–Trinajstić information content (AvgIpc) is 2.77. The number of rotatable bonds is 2. The van der Waals surface area contributed by atoms with Crippen molar-refractivity contribution < 1.29 is 13.5 Å². The maximum atomic E-state index is 13.7. The number of nitrogens with two attached hydrogens (primary N) is 1. The molecule has 3 nitrogen and oxygen atoms in total. The summed E-state index contributed by atoms with van der Waals surface area (Å²) in [7, 11) is 0. The van der Waals surface area contributed by atoms with Gasteiger partial charge in [0, 0.05) is 11.3 Å². The predicted molar refractivity (Wildman–Crippen MR) is 69.1 cm³/mol. The third-order valence-electron chi connectivity index (χ3n) is 3.08. The van der Waals surface area contributed by atoms with Crippen molar-refractivity contribution in [2.45, 2.75) is 6.04 Å². The highest BCUT2D eigenvalue weighted by molar-refractivity contribution is 5.56. The molecule has 0 fully saturated rings. The van der Waals surface area contributed by atoms with E-state index in [-0.39, 0.29) is 17.4 Å². The molecule has 0 bridgehead atoms. The smallest absolute Gasteiger partial charge is 0.151 e. The monoisotopic (exact) mass is 262 g/mol. The number of anilines is 2. The van der Waals surface area contributed by atoms with Crippen LogP contribution in [-0.4, -0.2) is 6.61 Å². The van der Waals surface area contributed by atoms with Crippen molar-refractivity contribution in [3.8, 4) is 5.75 Å². The van der Waals surface area contributed by atoms with Crippen molar-refractivity contribution >= 4 is 11.4 Å². The van der Waals surface area contributed by atoms with E-state index in [2.05, 4.69) is 5.32 Å². The molecule has 1 atom stereocenters. The van der Waals surface area contributed by atoms with Gasteiger partial charge in [0.1, 0.15) is 18.0 Å². The Morgan fingerprint density at radius 3 is 2.58 bits per heavy atom. The zero-order valence-electron chi connectivity index (χ0n) is 9.99. The highest BCUT2D eigenvalue weighted by Crippen LogP contribution is 2.35. The van der Waals surface area contributed by atoms with E-state index in [0.29, 0.717) is 6.61 Å². The fourth-order valence-corrected chi connectivity index (χ4v) is 2.19. The van der Waals surface area contributed by atoms with Gasteiger partial charge in [-0.3, -0.25) is 0 Å². The molecule has 2 aromatic rings. The fraction of sp³-hybridized carbons (Fsp3) is 0.143. The normalized spacial score (nSPS) is 16.8. The summed E-state index contributed by atoms with van der Waals surface area (Å²) in [6.07, 6.45) is 0. The Hall–Kier alpha value is -2.30. The molecule has 3 N–H and O–H groups in total. The predicted octanol–water partition coefficient (Wildman–Crippen LogP) is 3.09. The molecule has 0 aromatic heterocycles. The van der Waals surface area contributed by atoms with Crippen LogP contribution in [0.2, 0.25) is 0 Å². The number of fused-ring (bicyclic) bond motifs is 1. The van der Waals surface area contributed by atoms with Crippen molar-refractivity contribution in [2.75, 3.05) is 17.7 Å². The van der Waals surface area contributed by atoms with Gasteiger partial charge in [-0.1, -0.05) is 18.2 Å². The number of para-hydroxylation sites is 1. The first kappa shape index (κ1) is 11.8. The lowest BCUT2D eigenvalue weighted by Crippen LogP contribution is -2.14. The summed E-state index contributed by atoms with van der Waals surface area (Å²) in [5, 5.41) is 2.83. The van der Waals surface area contributed by atoms with Gasteiger partial charge in [-0.25, -0.2) is 8.78 Å². The molecule has 1 aliphatic rings. The number of nitrogen functional groups attached to an aromatic ring is 1. The van der Waals surface area contributed by atoms with E-state index in [4.69, 9.17) is 10.5 Å². The van der Waals surface area contributed by atoms with Crippen molar-refractivity contribution in [3.05, 3.63) is 53.6 Å². The van der Waals surface area contributed by atoms with Crippen molar-refractivity contribution in [2.24, 2.45) is 0 Å². The zero-order chi connectivity index (χ0) is 13.4. The molecule has 0 amide bonds. The third kappa shape index (κ3) is 2.07. The summed E-state index contributed by atoms with van der Waals surface area (Å²) in [5.41, 5.74) is 6.15. The first-order valence-electron chi connectivity index (χ1n) is 5.88. The molecule has 1 unspecified atom stereocenters. The molecule has 0 spiro atoms. The van der Waals surface area contributed by atoms with Gasteiger partial charge in [-0.2, -0.15) is 0 Å². The van der Waals surface area contributed by atoms with E-state index in [1.165, 1.54) is 0 Å². The van der Waals surface area contributed by atoms with Gasteiger partial charge in [0.05, 0.1) is 6.04 Å². The number of halogens is 2. The maximum Gasteiger partial charge on any atom is 0.151 e. The second-order valence-electron chi connectivity index (χ2n) is 4.41. The number of hydrogen-bond donors (Lipinski definition) is 2. The number of hydrogen-bond acceptors (Lipinski definition) is 3. The molecule has 0 radical (unpaired) electrons. The second-order valence-corrected chi connectivity index (χ2v) is 4.41. The summed E-state index contributed by atoms with van der Waals surface area (Å²) in [6, 6.07) is 9.31. The van der Waals surface area contributed by atoms with Gasteiger partial charge in [-0.05, 0) is 18.2 Å². The summed E-state index contributed by atoms with van der Waals surface area (Å²) in [6.45, 7) is 0.336. The summed E-state index contributed by atoms with van der Waals surface area (Å²) >= 11 is 0. The van der Waals surface area contributed by atoms with Crippen LogP contribution in [0.3, 0.4) is 0 Å². The molecular weight excluding hydrogens is 250 g/mol. The average molecular weight is 262 g/mol. The Bertz CT molecular complexity index is 608. The van der Waals surface area contributed by atoms with Crippen molar-refractivity contribution in [1.29, 1.82) is 0 Å². The van der Waals surface area contributed by atoms with Crippen LogP contribution in [0.1, 0.15) is 11.6 Å². The summed E-state index contributed by atoms with van der Waals surface area (Å²) in [4.78, 5) is 0. The lowest BCUT2D eigenvalue weighted by Gasteiger charge is -2.15. The van der Waals surface area contributed by atoms with Gasteiger partial charge in [0.15, 0.2) is 11.6 Å². The lowest BCUT2D eigenvalue weighted by atomic mass is 10.1. The largest absolute Gasteiger partial charge is 0.491 e. The van der Waals surface area contributed by atoms with E-state index in [9.17, 15) is 8.78 Å². The molecule has 2 aromatic carbocycles.